The molecule has 0 spiro atoms. The number of furan rings is 1. The van der Waals surface area contributed by atoms with Gasteiger partial charge in [-0.15, -0.1) is 0 Å². The molecule has 1 N–H and O–H groups in total. The molecule has 0 bridgehead atoms. The number of hydrogen-bond acceptors (Lipinski definition) is 2. The molecule has 1 heterocycles. The topological polar surface area (TPSA) is 42.2 Å². The van der Waals surface area contributed by atoms with E-state index in [4.69, 9.17) is 4.42 Å². The van der Waals surface area contributed by atoms with Crippen molar-refractivity contribution in [2.24, 2.45) is 0 Å². The molecule has 0 saturated heterocycles. The molecule has 1 aliphatic rings. The Labute approximate surface area is 116 Å². The Morgan fingerprint density at radius 1 is 1.25 bits per heavy atom. The monoisotopic (exact) mass is 273 g/mol. The van der Waals surface area contributed by atoms with Crippen LogP contribution in [-0.4, -0.2) is 5.91 Å². The summed E-state index contributed by atoms with van der Waals surface area (Å²) in [6.45, 7) is 0.384. The second kappa shape index (κ2) is 5.12. The molecule has 0 aliphatic heterocycles. The van der Waals surface area contributed by atoms with Gasteiger partial charge in [0, 0.05) is 0 Å². The fraction of sp³-hybridized carbons (Fsp3) is 0.312. The van der Waals surface area contributed by atoms with E-state index in [-0.39, 0.29) is 11.7 Å². The van der Waals surface area contributed by atoms with Gasteiger partial charge in [-0.25, -0.2) is 4.39 Å². The van der Waals surface area contributed by atoms with Gasteiger partial charge in [0.1, 0.15) is 11.6 Å². The largest absolute Gasteiger partial charge is 0.467 e. The summed E-state index contributed by atoms with van der Waals surface area (Å²) < 4.78 is 18.2. The van der Waals surface area contributed by atoms with E-state index in [0.29, 0.717) is 6.54 Å². The van der Waals surface area contributed by atoms with Crippen LogP contribution >= 0.6 is 0 Å². The van der Waals surface area contributed by atoms with Crippen LogP contribution in [0.25, 0.3) is 0 Å². The molecule has 1 fully saturated rings. The highest BCUT2D eigenvalue weighted by Gasteiger charge is 2.45. The van der Waals surface area contributed by atoms with E-state index in [2.05, 4.69) is 5.32 Å². The van der Waals surface area contributed by atoms with E-state index in [9.17, 15) is 9.18 Å². The summed E-state index contributed by atoms with van der Waals surface area (Å²) in [5, 5.41) is 2.91. The number of carbonyl (C=O) groups excluding carboxylic acids is 1. The highest BCUT2D eigenvalue weighted by atomic mass is 19.1. The van der Waals surface area contributed by atoms with E-state index < -0.39 is 5.41 Å². The molecule has 0 radical (unpaired) electrons. The maximum absolute atomic E-state index is 13.0. The van der Waals surface area contributed by atoms with Crippen LogP contribution in [0.3, 0.4) is 0 Å². The highest BCUT2D eigenvalue weighted by molar-refractivity contribution is 5.89. The molecular formula is C16H16FNO2. The summed E-state index contributed by atoms with van der Waals surface area (Å²) in [6.07, 6.45) is 4.22. The maximum atomic E-state index is 13.0. The second-order valence-corrected chi connectivity index (χ2v) is 5.20. The molecule has 2 aromatic rings. The summed E-state index contributed by atoms with van der Waals surface area (Å²) in [4.78, 5) is 12.5. The zero-order valence-electron chi connectivity index (χ0n) is 11.1. The van der Waals surface area contributed by atoms with Gasteiger partial charge in [0.2, 0.25) is 5.91 Å². The summed E-state index contributed by atoms with van der Waals surface area (Å²) >= 11 is 0. The quantitative estimate of drug-likeness (QED) is 0.929. The smallest absolute Gasteiger partial charge is 0.231 e. The van der Waals surface area contributed by atoms with E-state index in [0.717, 1.165) is 30.6 Å². The summed E-state index contributed by atoms with van der Waals surface area (Å²) in [5.74, 6) is 0.443. The molecule has 4 heteroatoms. The van der Waals surface area contributed by atoms with E-state index in [1.54, 1.807) is 24.5 Å². The van der Waals surface area contributed by atoms with Crippen molar-refractivity contribution in [3.8, 4) is 0 Å². The van der Waals surface area contributed by atoms with E-state index >= 15 is 0 Å². The lowest BCUT2D eigenvalue weighted by Gasteiger charge is -2.40. The second-order valence-electron chi connectivity index (χ2n) is 5.20. The molecule has 1 aromatic carbocycles. The summed E-state index contributed by atoms with van der Waals surface area (Å²) in [7, 11) is 0. The number of halogens is 1. The average molecular weight is 273 g/mol. The highest BCUT2D eigenvalue weighted by Crippen LogP contribution is 2.44. The first-order valence-electron chi connectivity index (χ1n) is 6.77. The van der Waals surface area contributed by atoms with Crippen LogP contribution in [0.15, 0.2) is 47.1 Å². The molecule has 1 aliphatic carbocycles. The van der Waals surface area contributed by atoms with E-state index in [1.807, 2.05) is 6.07 Å². The standard InChI is InChI=1S/C16H16FNO2/c17-13-6-4-12(5-7-13)16(8-2-9-16)15(19)18-11-14-3-1-10-20-14/h1,3-7,10H,2,8-9,11H2,(H,18,19). The molecule has 3 rings (SSSR count). The van der Waals surface area contributed by atoms with Gasteiger partial charge in [-0.05, 0) is 42.7 Å². The fourth-order valence-electron chi connectivity index (χ4n) is 2.70. The van der Waals surface area contributed by atoms with Gasteiger partial charge >= 0.3 is 0 Å². The van der Waals surface area contributed by atoms with Crippen LogP contribution in [0, 0.1) is 5.82 Å². The molecule has 20 heavy (non-hydrogen) atoms. The van der Waals surface area contributed by atoms with Crippen molar-refractivity contribution in [2.45, 2.75) is 31.2 Å². The first-order valence-corrected chi connectivity index (χ1v) is 6.77. The third-order valence-corrected chi connectivity index (χ3v) is 4.04. The van der Waals surface area contributed by atoms with Crippen LogP contribution in [0.2, 0.25) is 0 Å². The van der Waals surface area contributed by atoms with Crippen LogP contribution in [-0.2, 0) is 16.8 Å². The first-order chi connectivity index (χ1) is 9.71. The van der Waals surface area contributed by atoms with Crippen LogP contribution in [0.1, 0.15) is 30.6 Å². The van der Waals surface area contributed by atoms with Gasteiger partial charge in [0.05, 0.1) is 18.2 Å². The Hall–Kier alpha value is -2.10. The molecule has 104 valence electrons. The van der Waals surface area contributed by atoms with E-state index in [1.165, 1.54) is 12.1 Å². The predicted molar refractivity (Wildman–Crippen MR) is 72.5 cm³/mol. The number of nitrogens with one attached hydrogen (secondary N) is 1. The Morgan fingerprint density at radius 2 is 2.00 bits per heavy atom. The van der Waals surface area contributed by atoms with Gasteiger partial charge in [-0.2, -0.15) is 0 Å². The fourth-order valence-corrected chi connectivity index (χ4v) is 2.70. The average Bonchev–Trinajstić information content (AvgIpc) is 2.90. The lowest BCUT2D eigenvalue weighted by molar-refractivity contribution is -0.130. The third kappa shape index (κ3) is 2.22. The van der Waals surface area contributed by atoms with Crippen LogP contribution in [0.4, 0.5) is 4.39 Å². The minimum absolute atomic E-state index is 0.00763. The zero-order chi connectivity index (χ0) is 14.0. The number of hydrogen-bond donors (Lipinski definition) is 1. The van der Waals surface area contributed by atoms with Crippen molar-refractivity contribution < 1.29 is 13.6 Å². The first kappa shape index (κ1) is 12.9. The molecule has 0 unspecified atom stereocenters. The minimum atomic E-state index is -0.500. The van der Waals surface area contributed by atoms with Crippen molar-refractivity contribution in [1.29, 1.82) is 0 Å². The molecule has 1 amide bonds. The predicted octanol–water partition coefficient (Wildman–Crippen LogP) is 3.16. The number of benzene rings is 1. The van der Waals surface area contributed by atoms with Crippen molar-refractivity contribution in [1.82, 2.24) is 5.32 Å². The maximum Gasteiger partial charge on any atom is 0.231 e. The van der Waals surface area contributed by atoms with Crippen molar-refractivity contribution in [3.05, 3.63) is 59.8 Å². The molecule has 0 atom stereocenters. The number of carbonyl (C=O) groups is 1. The third-order valence-electron chi connectivity index (χ3n) is 4.04. The zero-order valence-corrected chi connectivity index (χ0v) is 11.1. The Kier molecular flexibility index (Phi) is 3.30. The SMILES string of the molecule is O=C(NCc1ccco1)C1(c2ccc(F)cc2)CCC1. The summed E-state index contributed by atoms with van der Waals surface area (Å²) in [6, 6.07) is 9.86. The normalized spacial score (nSPS) is 16.4. The van der Waals surface area contributed by atoms with Crippen molar-refractivity contribution in [2.75, 3.05) is 0 Å². The van der Waals surface area contributed by atoms with Gasteiger partial charge in [0.15, 0.2) is 0 Å². The minimum Gasteiger partial charge on any atom is -0.467 e. The van der Waals surface area contributed by atoms with Crippen molar-refractivity contribution >= 4 is 5.91 Å². The Balaban J connectivity index is 1.74. The summed E-state index contributed by atoms with van der Waals surface area (Å²) in [5.41, 5.74) is 0.391. The Bertz CT molecular complexity index is 585. The number of amides is 1. The van der Waals surface area contributed by atoms with Crippen molar-refractivity contribution in [3.63, 3.8) is 0 Å². The molecule has 1 aromatic heterocycles. The molecular weight excluding hydrogens is 257 g/mol. The van der Waals surface area contributed by atoms with Gasteiger partial charge in [0.25, 0.3) is 0 Å². The number of rotatable bonds is 4. The molecule has 1 saturated carbocycles. The van der Waals surface area contributed by atoms with Gasteiger partial charge < -0.3 is 9.73 Å². The Morgan fingerprint density at radius 3 is 2.55 bits per heavy atom. The lowest BCUT2D eigenvalue weighted by atomic mass is 9.64. The van der Waals surface area contributed by atoms with Gasteiger partial charge in [-0.3, -0.25) is 4.79 Å². The molecule has 3 nitrogen and oxygen atoms in total. The van der Waals surface area contributed by atoms with Crippen LogP contribution in [0.5, 0.6) is 0 Å². The van der Waals surface area contributed by atoms with Gasteiger partial charge in [-0.1, -0.05) is 18.6 Å². The van der Waals surface area contributed by atoms with Crippen LogP contribution < -0.4 is 5.32 Å². The lowest BCUT2D eigenvalue weighted by Crippen LogP contribution is -2.48.